The van der Waals surface area contributed by atoms with Gasteiger partial charge in [0.25, 0.3) is 0 Å². The molecule has 1 N–H and O–H groups in total. The molecule has 0 aromatic rings. The number of fused-ring (bicyclic) bond motifs is 5. The lowest BCUT2D eigenvalue weighted by atomic mass is 9.46. The van der Waals surface area contributed by atoms with Crippen molar-refractivity contribution in [2.75, 3.05) is 13.2 Å². The molecule has 0 aromatic heterocycles. The van der Waals surface area contributed by atoms with Crippen LogP contribution in [-0.2, 0) is 14.3 Å². The van der Waals surface area contributed by atoms with Crippen LogP contribution in [0.2, 0.25) is 0 Å². The number of ether oxygens (including phenoxy) is 1. The maximum absolute atomic E-state index is 12.0. The number of carbonyl (C=O) groups excluding carboxylic acids is 2. The summed E-state index contributed by atoms with van der Waals surface area (Å²) in [5.74, 6) is 2.61. The first kappa shape index (κ1) is 19.2. The second kappa shape index (κ2) is 7.02. The van der Waals surface area contributed by atoms with E-state index >= 15 is 0 Å². The maximum Gasteiger partial charge on any atom is 0.302 e. The molecule has 0 saturated heterocycles. The standard InChI is InChI=1S/C23H34O4/c1-15(25)27-12-9-16-4-6-20-19-5-3-17-13-18(26)7-11-23(17,14-24)21(19)8-10-22(16,20)2/h13,16,19-21,24H,3-12,14H2,1-2H3/t16?,19?,20?,21?,22-,23?/m1/s1. The Balaban J connectivity index is 1.54. The van der Waals surface area contributed by atoms with Crippen LogP contribution in [0.15, 0.2) is 11.6 Å². The quantitative estimate of drug-likeness (QED) is 0.754. The van der Waals surface area contributed by atoms with E-state index in [-0.39, 0.29) is 23.8 Å². The summed E-state index contributed by atoms with van der Waals surface area (Å²) in [4.78, 5) is 23.1. The Morgan fingerprint density at radius 2 is 2.00 bits per heavy atom. The van der Waals surface area contributed by atoms with Gasteiger partial charge in [-0.2, -0.15) is 0 Å². The highest BCUT2D eigenvalue weighted by Gasteiger charge is 2.59. The van der Waals surface area contributed by atoms with Gasteiger partial charge >= 0.3 is 5.97 Å². The Labute approximate surface area is 162 Å². The maximum atomic E-state index is 12.0. The number of esters is 1. The lowest BCUT2D eigenvalue weighted by molar-refractivity contribution is -0.141. The third-order valence-corrected chi connectivity index (χ3v) is 8.94. The third kappa shape index (κ3) is 2.99. The SMILES string of the molecule is CC(=O)OCCC1CCC2C3CCC4=CC(=O)CCC4(CO)C3CC[C@]12C. The van der Waals surface area contributed by atoms with Crippen LogP contribution in [0.1, 0.15) is 71.6 Å². The van der Waals surface area contributed by atoms with Crippen LogP contribution < -0.4 is 0 Å². The first-order chi connectivity index (χ1) is 12.9. The smallest absolute Gasteiger partial charge is 0.302 e. The molecule has 4 heteroatoms. The highest BCUT2D eigenvalue weighted by atomic mass is 16.5. The van der Waals surface area contributed by atoms with Gasteiger partial charge in [0, 0.05) is 18.8 Å². The Kier molecular flexibility index (Phi) is 4.99. The molecule has 0 bridgehead atoms. The number of hydrogen-bond acceptors (Lipinski definition) is 4. The van der Waals surface area contributed by atoms with Gasteiger partial charge in [-0.25, -0.2) is 0 Å². The number of rotatable bonds is 4. The number of hydrogen-bond donors (Lipinski definition) is 1. The molecular weight excluding hydrogens is 340 g/mol. The largest absolute Gasteiger partial charge is 0.466 e. The van der Waals surface area contributed by atoms with Crippen molar-refractivity contribution in [1.29, 1.82) is 0 Å². The second-order valence-corrected chi connectivity index (χ2v) is 9.81. The number of aliphatic hydroxyl groups excluding tert-OH is 1. The summed E-state index contributed by atoms with van der Waals surface area (Å²) in [6.07, 6.45) is 11.3. The van der Waals surface area contributed by atoms with Crippen LogP contribution in [0.5, 0.6) is 0 Å². The predicted octanol–water partition coefficient (Wildman–Crippen LogP) is 4.06. The minimum atomic E-state index is -0.179. The summed E-state index contributed by atoms with van der Waals surface area (Å²) in [5, 5.41) is 10.4. The molecule has 3 fully saturated rings. The summed E-state index contributed by atoms with van der Waals surface area (Å²) in [5.41, 5.74) is 1.45. The van der Waals surface area contributed by atoms with E-state index in [4.69, 9.17) is 4.74 Å². The van der Waals surface area contributed by atoms with Gasteiger partial charge in [-0.1, -0.05) is 12.5 Å². The van der Waals surface area contributed by atoms with Crippen LogP contribution in [0.4, 0.5) is 0 Å². The summed E-state index contributed by atoms with van der Waals surface area (Å²) in [6.45, 7) is 4.71. The molecule has 0 aliphatic heterocycles. The monoisotopic (exact) mass is 374 g/mol. The molecule has 6 atom stereocenters. The number of aliphatic hydroxyl groups is 1. The molecular formula is C23H34O4. The molecule has 4 aliphatic carbocycles. The van der Waals surface area contributed by atoms with E-state index in [0.29, 0.717) is 42.1 Å². The molecule has 0 aromatic carbocycles. The summed E-state index contributed by atoms with van der Waals surface area (Å²) >= 11 is 0. The topological polar surface area (TPSA) is 63.6 Å². The average Bonchev–Trinajstić information content (AvgIpc) is 2.98. The van der Waals surface area contributed by atoms with Gasteiger partial charge in [0.15, 0.2) is 5.78 Å². The number of ketones is 1. The van der Waals surface area contributed by atoms with Crippen LogP contribution in [-0.4, -0.2) is 30.1 Å². The van der Waals surface area contributed by atoms with Crippen molar-refractivity contribution in [3.8, 4) is 0 Å². The Morgan fingerprint density at radius 3 is 2.74 bits per heavy atom. The first-order valence-electron chi connectivity index (χ1n) is 10.9. The lowest BCUT2D eigenvalue weighted by Gasteiger charge is -2.58. The highest BCUT2D eigenvalue weighted by molar-refractivity contribution is 5.91. The molecule has 0 spiro atoms. The van der Waals surface area contributed by atoms with Crippen molar-refractivity contribution in [3.05, 3.63) is 11.6 Å². The van der Waals surface area contributed by atoms with Gasteiger partial charge < -0.3 is 9.84 Å². The van der Waals surface area contributed by atoms with Crippen molar-refractivity contribution >= 4 is 11.8 Å². The van der Waals surface area contributed by atoms with Crippen LogP contribution >= 0.6 is 0 Å². The zero-order valence-electron chi connectivity index (χ0n) is 16.8. The van der Waals surface area contributed by atoms with Gasteiger partial charge in [-0.15, -0.1) is 0 Å². The Bertz CT molecular complexity index is 653. The summed E-state index contributed by atoms with van der Waals surface area (Å²) in [6, 6.07) is 0. The van der Waals surface area contributed by atoms with Gasteiger partial charge in [0.05, 0.1) is 13.2 Å². The molecule has 0 radical (unpaired) electrons. The Morgan fingerprint density at radius 1 is 1.19 bits per heavy atom. The zero-order chi connectivity index (χ0) is 19.2. The van der Waals surface area contributed by atoms with E-state index in [9.17, 15) is 14.7 Å². The van der Waals surface area contributed by atoms with Crippen molar-refractivity contribution < 1.29 is 19.4 Å². The van der Waals surface area contributed by atoms with E-state index < -0.39 is 0 Å². The van der Waals surface area contributed by atoms with Gasteiger partial charge in [0.2, 0.25) is 0 Å². The average molecular weight is 375 g/mol. The van der Waals surface area contributed by atoms with Gasteiger partial charge in [0.1, 0.15) is 0 Å². The van der Waals surface area contributed by atoms with E-state index in [0.717, 1.165) is 25.7 Å². The highest BCUT2D eigenvalue weighted by Crippen LogP contribution is 2.66. The van der Waals surface area contributed by atoms with Crippen LogP contribution in [0.25, 0.3) is 0 Å². The molecule has 4 nitrogen and oxygen atoms in total. The fourth-order valence-corrected chi connectivity index (χ4v) is 7.59. The summed E-state index contributed by atoms with van der Waals surface area (Å²) < 4.78 is 5.24. The van der Waals surface area contributed by atoms with Crippen LogP contribution in [0.3, 0.4) is 0 Å². The Hall–Kier alpha value is -1.16. The predicted molar refractivity (Wildman–Crippen MR) is 103 cm³/mol. The van der Waals surface area contributed by atoms with E-state index in [1.54, 1.807) is 0 Å². The third-order valence-electron chi connectivity index (χ3n) is 8.94. The fourth-order valence-electron chi connectivity index (χ4n) is 7.59. The van der Waals surface area contributed by atoms with Gasteiger partial charge in [-0.3, -0.25) is 9.59 Å². The molecule has 5 unspecified atom stereocenters. The second-order valence-electron chi connectivity index (χ2n) is 9.81. The molecule has 4 aliphatic rings. The summed E-state index contributed by atoms with van der Waals surface area (Å²) in [7, 11) is 0. The minimum absolute atomic E-state index is 0.131. The number of carbonyl (C=O) groups is 2. The van der Waals surface area contributed by atoms with E-state index in [1.165, 1.54) is 38.2 Å². The molecule has 4 rings (SSSR count). The molecule has 0 heterocycles. The zero-order valence-corrected chi connectivity index (χ0v) is 16.8. The normalized spacial score (nSPS) is 43.4. The molecule has 3 saturated carbocycles. The van der Waals surface area contributed by atoms with Crippen LogP contribution in [0, 0.1) is 34.5 Å². The molecule has 150 valence electrons. The van der Waals surface area contributed by atoms with Crippen molar-refractivity contribution in [2.24, 2.45) is 34.5 Å². The van der Waals surface area contributed by atoms with Gasteiger partial charge in [-0.05, 0) is 86.5 Å². The van der Waals surface area contributed by atoms with E-state index in [2.05, 4.69) is 6.92 Å². The fraction of sp³-hybridized carbons (Fsp3) is 0.826. The van der Waals surface area contributed by atoms with E-state index in [1.807, 2.05) is 6.08 Å². The molecule has 0 amide bonds. The minimum Gasteiger partial charge on any atom is -0.466 e. The van der Waals surface area contributed by atoms with Crippen molar-refractivity contribution in [1.82, 2.24) is 0 Å². The van der Waals surface area contributed by atoms with Crippen molar-refractivity contribution in [3.63, 3.8) is 0 Å². The molecule has 27 heavy (non-hydrogen) atoms. The van der Waals surface area contributed by atoms with Crippen molar-refractivity contribution in [2.45, 2.75) is 71.6 Å². The first-order valence-corrected chi connectivity index (χ1v) is 10.9. The lowest BCUT2D eigenvalue weighted by Crippen LogP contribution is -2.53.